The van der Waals surface area contributed by atoms with Crippen LogP contribution in [0.4, 0.5) is 16.2 Å². The van der Waals surface area contributed by atoms with Crippen LogP contribution >= 0.6 is 0 Å². The fourth-order valence-corrected chi connectivity index (χ4v) is 4.49. The van der Waals surface area contributed by atoms with Gasteiger partial charge in [0, 0.05) is 23.5 Å². The topological polar surface area (TPSA) is 155 Å². The van der Waals surface area contributed by atoms with E-state index >= 15 is 0 Å². The molecule has 0 fully saturated rings. The minimum absolute atomic E-state index is 0.0525. The Bertz CT molecular complexity index is 1670. The molecule has 0 aliphatic rings. The maximum atomic E-state index is 13.1. The summed E-state index contributed by atoms with van der Waals surface area (Å²) < 4.78 is 10.7. The molecular weight excluding hydrogens is 576 g/mol. The summed E-state index contributed by atoms with van der Waals surface area (Å²) in [6.45, 7) is 2.13. The van der Waals surface area contributed by atoms with Gasteiger partial charge < -0.3 is 35.8 Å². The summed E-state index contributed by atoms with van der Waals surface area (Å²) in [7, 11) is 3.00. The molecule has 0 heterocycles. The highest BCUT2D eigenvalue weighted by Gasteiger charge is 2.21. The normalized spacial score (nSPS) is 11.1. The number of nitrogens with one attached hydrogen (secondary N) is 4. The molecule has 4 rings (SSSR count). The van der Waals surface area contributed by atoms with E-state index in [2.05, 4.69) is 21.3 Å². The molecule has 5 N–H and O–H groups in total. The van der Waals surface area contributed by atoms with E-state index in [0.29, 0.717) is 28.4 Å². The highest BCUT2D eigenvalue weighted by molar-refractivity contribution is 6.00. The maximum absolute atomic E-state index is 13.1. The molecule has 1 atom stereocenters. The molecule has 0 aliphatic carbocycles. The summed E-state index contributed by atoms with van der Waals surface area (Å²) in [6, 6.07) is 24.0. The number of carbonyl (C=O) groups is 4. The minimum atomic E-state index is -1.10. The Labute approximate surface area is 260 Å². The smallest absolute Gasteiger partial charge is 0.335 e. The number of carboxylic acids is 1. The van der Waals surface area contributed by atoms with Gasteiger partial charge in [-0.2, -0.15) is 0 Å². The first-order valence-electron chi connectivity index (χ1n) is 14.0. The summed E-state index contributed by atoms with van der Waals surface area (Å²) in [4.78, 5) is 49.8. The molecule has 0 spiro atoms. The second kappa shape index (κ2) is 15.1. The molecule has 0 bridgehead atoms. The zero-order valence-electron chi connectivity index (χ0n) is 25.0. The van der Waals surface area contributed by atoms with Gasteiger partial charge in [0.25, 0.3) is 5.91 Å². The van der Waals surface area contributed by atoms with Crippen molar-refractivity contribution < 1.29 is 33.8 Å². The molecule has 1 unspecified atom stereocenters. The quantitative estimate of drug-likeness (QED) is 0.141. The van der Waals surface area contributed by atoms with Crippen LogP contribution in [0.2, 0.25) is 0 Å². The largest absolute Gasteiger partial charge is 0.493 e. The lowest BCUT2D eigenvalue weighted by molar-refractivity contribution is -0.121. The summed E-state index contributed by atoms with van der Waals surface area (Å²) in [5.41, 5.74) is 3.96. The standard InChI is InChI=1S/C34H34N4O7/c1-21-6-4-5-7-27(21)38-34(43)36-26-15-8-22(9-16-26)20-35-31(39)19-28(25-14-17-29(44-2)30(18-25)45-3)37-32(40)23-10-12-24(13-11-23)33(41)42/h4-18,28H,19-20H2,1-3H3,(H,35,39)(H,37,40)(H,41,42)(H2,36,38,43). The predicted octanol–water partition coefficient (Wildman–Crippen LogP) is 5.53. The molecule has 11 heteroatoms. The lowest BCUT2D eigenvalue weighted by atomic mass is 10.0. The van der Waals surface area contributed by atoms with Crippen LogP contribution in [0.1, 0.15) is 49.9 Å². The van der Waals surface area contributed by atoms with E-state index in [1.54, 1.807) is 42.5 Å². The Morgan fingerprint density at radius 2 is 1.44 bits per heavy atom. The van der Waals surface area contributed by atoms with E-state index < -0.39 is 17.9 Å². The second-order valence-electron chi connectivity index (χ2n) is 10.1. The van der Waals surface area contributed by atoms with Crippen molar-refractivity contribution in [3.63, 3.8) is 0 Å². The van der Waals surface area contributed by atoms with Gasteiger partial charge in [0.2, 0.25) is 5.91 Å². The van der Waals surface area contributed by atoms with E-state index in [4.69, 9.17) is 14.6 Å². The number of methoxy groups -OCH3 is 2. The number of ether oxygens (including phenoxy) is 2. The Hall–Kier alpha value is -5.84. The van der Waals surface area contributed by atoms with Crippen LogP contribution in [-0.4, -0.2) is 43.1 Å². The number of hydrogen-bond acceptors (Lipinski definition) is 6. The molecule has 0 aromatic heterocycles. The van der Waals surface area contributed by atoms with Gasteiger partial charge in [-0.05, 0) is 78.2 Å². The Morgan fingerprint density at radius 1 is 0.778 bits per heavy atom. The molecule has 45 heavy (non-hydrogen) atoms. The van der Waals surface area contributed by atoms with Gasteiger partial charge in [-0.3, -0.25) is 9.59 Å². The fraction of sp³-hybridized carbons (Fsp3) is 0.176. The number of amides is 4. The average Bonchev–Trinajstić information content (AvgIpc) is 3.04. The third kappa shape index (κ3) is 8.83. The molecule has 4 aromatic rings. The van der Waals surface area contributed by atoms with Gasteiger partial charge in [0.1, 0.15) is 0 Å². The number of carboxylic acid groups (broad SMARTS) is 1. The third-order valence-electron chi connectivity index (χ3n) is 6.99. The lowest BCUT2D eigenvalue weighted by Crippen LogP contribution is -2.33. The Kier molecular flexibility index (Phi) is 10.7. The zero-order valence-corrected chi connectivity index (χ0v) is 25.0. The number of aryl methyl sites for hydroxylation is 1. The van der Waals surface area contributed by atoms with Crippen molar-refractivity contribution in [3.8, 4) is 11.5 Å². The number of hydrogen-bond donors (Lipinski definition) is 5. The Morgan fingerprint density at radius 3 is 2.09 bits per heavy atom. The zero-order chi connectivity index (χ0) is 32.3. The number of aromatic carboxylic acids is 1. The van der Waals surface area contributed by atoms with Gasteiger partial charge in [-0.15, -0.1) is 0 Å². The number of carbonyl (C=O) groups excluding carboxylic acids is 3. The van der Waals surface area contributed by atoms with E-state index in [-0.39, 0.29) is 36.0 Å². The summed E-state index contributed by atoms with van der Waals surface area (Å²) in [6.07, 6.45) is -0.0901. The van der Waals surface area contributed by atoms with Crippen molar-refractivity contribution >= 4 is 35.2 Å². The molecule has 0 aliphatic heterocycles. The van der Waals surface area contributed by atoms with E-state index in [9.17, 15) is 19.2 Å². The van der Waals surface area contributed by atoms with Crippen LogP contribution in [0.15, 0.2) is 91.0 Å². The van der Waals surface area contributed by atoms with Crippen molar-refractivity contribution in [1.29, 1.82) is 0 Å². The molecule has 4 amide bonds. The molecule has 0 radical (unpaired) electrons. The number of para-hydroxylation sites is 1. The average molecular weight is 611 g/mol. The molecule has 232 valence electrons. The maximum Gasteiger partial charge on any atom is 0.335 e. The molecule has 0 saturated heterocycles. The van der Waals surface area contributed by atoms with Crippen LogP contribution < -0.4 is 30.7 Å². The van der Waals surface area contributed by atoms with Crippen molar-refractivity contribution in [2.24, 2.45) is 0 Å². The molecular formula is C34H34N4O7. The predicted molar refractivity (Wildman–Crippen MR) is 170 cm³/mol. The number of anilines is 2. The SMILES string of the molecule is COc1ccc(C(CC(=O)NCc2ccc(NC(=O)Nc3ccccc3C)cc2)NC(=O)c2ccc(C(=O)O)cc2)cc1OC. The first kappa shape index (κ1) is 32.1. The van der Waals surface area contributed by atoms with Gasteiger partial charge in [-0.25, -0.2) is 9.59 Å². The van der Waals surface area contributed by atoms with Crippen LogP contribution in [0.25, 0.3) is 0 Å². The monoisotopic (exact) mass is 610 g/mol. The second-order valence-corrected chi connectivity index (χ2v) is 10.1. The van der Waals surface area contributed by atoms with Gasteiger partial charge in [0.15, 0.2) is 11.5 Å². The van der Waals surface area contributed by atoms with E-state index in [1.807, 2.05) is 31.2 Å². The van der Waals surface area contributed by atoms with E-state index in [1.165, 1.54) is 38.5 Å². The van der Waals surface area contributed by atoms with Crippen molar-refractivity contribution in [2.75, 3.05) is 24.9 Å². The van der Waals surface area contributed by atoms with Crippen molar-refractivity contribution in [3.05, 3.63) is 119 Å². The highest BCUT2D eigenvalue weighted by Crippen LogP contribution is 2.31. The first-order valence-corrected chi connectivity index (χ1v) is 14.0. The summed E-state index contributed by atoms with van der Waals surface area (Å²) >= 11 is 0. The number of rotatable bonds is 12. The number of urea groups is 1. The van der Waals surface area contributed by atoms with E-state index in [0.717, 1.165) is 11.1 Å². The van der Waals surface area contributed by atoms with Gasteiger partial charge in [-0.1, -0.05) is 36.4 Å². The van der Waals surface area contributed by atoms with Crippen LogP contribution in [0.3, 0.4) is 0 Å². The van der Waals surface area contributed by atoms with Gasteiger partial charge in [0.05, 0.1) is 32.2 Å². The first-order chi connectivity index (χ1) is 21.7. The minimum Gasteiger partial charge on any atom is -0.493 e. The van der Waals surface area contributed by atoms with Crippen LogP contribution in [0.5, 0.6) is 11.5 Å². The van der Waals surface area contributed by atoms with Crippen molar-refractivity contribution in [1.82, 2.24) is 10.6 Å². The third-order valence-corrected chi connectivity index (χ3v) is 6.99. The lowest BCUT2D eigenvalue weighted by Gasteiger charge is -2.21. The number of benzene rings is 4. The summed E-state index contributed by atoms with van der Waals surface area (Å²) in [5.74, 6) is -0.978. The molecule has 0 saturated carbocycles. The van der Waals surface area contributed by atoms with Gasteiger partial charge >= 0.3 is 12.0 Å². The Balaban J connectivity index is 1.40. The molecule has 11 nitrogen and oxygen atoms in total. The highest BCUT2D eigenvalue weighted by atomic mass is 16.5. The van der Waals surface area contributed by atoms with Crippen molar-refractivity contribution in [2.45, 2.75) is 25.9 Å². The van der Waals surface area contributed by atoms with Crippen LogP contribution in [0, 0.1) is 6.92 Å². The molecule has 4 aromatic carbocycles. The fourth-order valence-electron chi connectivity index (χ4n) is 4.49. The van der Waals surface area contributed by atoms with Crippen LogP contribution in [-0.2, 0) is 11.3 Å². The summed E-state index contributed by atoms with van der Waals surface area (Å²) in [5, 5.41) is 20.5.